The van der Waals surface area contributed by atoms with E-state index in [9.17, 15) is 19.0 Å². The summed E-state index contributed by atoms with van der Waals surface area (Å²) in [7, 11) is 0. The molecule has 2 rings (SSSR count). The molecule has 0 aliphatic carbocycles. The van der Waals surface area contributed by atoms with E-state index in [1.807, 2.05) is 6.07 Å². The van der Waals surface area contributed by atoms with E-state index in [0.717, 1.165) is 5.56 Å². The van der Waals surface area contributed by atoms with Gasteiger partial charge in [-0.15, -0.1) is 0 Å². The summed E-state index contributed by atoms with van der Waals surface area (Å²) in [5.74, 6) is 0.242. The van der Waals surface area contributed by atoms with Crippen LogP contribution in [0.4, 0.5) is 8.78 Å². The number of aliphatic hydroxyl groups excluding tert-OH is 1. The molecule has 0 aromatic heterocycles. The second-order valence-corrected chi connectivity index (χ2v) is 4.72. The number of aromatic hydroxyl groups is 1. The van der Waals surface area contributed by atoms with E-state index < -0.39 is 12.7 Å². The van der Waals surface area contributed by atoms with Crippen molar-refractivity contribution in [2.45, 2.75) is 19.3 Å². The monoisotopic (exact) mass is 309 g/mol. The summed E-state index contributed by atoms with van der Waals surface area (Å²) >= 11 is 0. The van der Waals surface area contributed by atoms with Crippen molar-refractivity contribution in [1.29, 1.82) is 0 Å². The Labute approximate surface area is 127 Å². The van der Waals surface area contributed by atoms with E-state index in [4.69, 9.17) is 0 Å². The molecule has 0 saturated carbocycles. The highest BCUT2D eigenvalue weighted by atomic mass is 19.3. The van der Waals surface area contributed by atoms with Crippen molar-refractivity contribution in [2.24, 2.45) is 0 Å². The van der Waals surface area contributed by atoms with E-state index in [2.05, 4.69) is 10.1 Å². The number of para-hydroxylation sites is 1. The van der Waals surface area contributed by atoms with E-state index in [-0.39, 0.29) is 18.0 Å². The van der Waals surface area contributed by atoms with Gasteiger partial charge in [-0.1, -0.05) is 30.3 Å². The molecule has 2 aromatic carbocycles. The molecular weight excluding hydrogens is 292 g/mol. The van der Waals surface area contributed by atoms with Crippen LogP contribution in [0.1, 0.15) is 17.2 Å². The van der Waals surface area contributed by atoms with Gasteiger partial charge in [0.25, 0.3) is 0 Å². The molecule has 0 bridgehead atoms. The Bertz CT molecular complexity index is 590. The van der Waals surface area contributed by atoms with E-state index >= 15 is 0 Å². The van der Waals surface area contributed by atoms with Gasteiger partial charge < -0.3 is 20.3 Å². The lowest BCUT2D eigenvalue weighted by Gasteiger charge is -2.13. The fourth-order valence-electron chi connectivity index (χ4n) is 1.99. The summed E-state index contributed by atoms with van der Waals surface area (Å²) in [6.07, 6.45) is -0.786. The summed E-state index contributed by atoms with van der Waals surface area (Å²) in [5.41, 5.74) is 1.32. The second kappa shape index (κ2) is 7.72. The topological polar surface area (TPSA) is 61.7 Å². The normalized spacial score (nSPS) is 12.4. The van der Waals surface area contributed by atoms with Crippen LogP contribution in [0.15, 0.2) is 48.5 Å². The molecule has 0 saturated heterocycles. The molecule has 2 aromatic rings. The number of ether oxygens (including phenoxy) is 1. The Morgan fingerprint density at radius 2 is 1.73 bits per heavy atom. The number of benzene rings is 2. The molecule has 4 nitrogen and oxygen atoms in total. The van der Waals surface area contributed by atoms with Gasteiger partial charge in [0, 0.05) is 18.7 Å². The third-order valence-corrected chi connectivity index (χ3v) is 3.13. The highest BCUT2D eigenvalue weighted by Crippen LogP contribution is 2.19. The van der Waals surface area contributed by atoms with Crippen LogP contribution >= 0.6 is 0 Å². The molecule has 3 N–H and O–H groups in total. The van der Waals surface area contributed by atoms with E-state index in [1.54, 1.807) is 18.2 Å². The Morgan fingerprint density at radius 1 is 1.05 bits per heavy atom. The summed E-state index contributed by atoms with van der Waals surface area (Å²) in [5, 5.41) is 22.7. The minimum Gasteiger partial charge on any atom is -0.508 e. The molecule has 6 heteroatoms. The number of alkyl halides is 2. The molecule has 0 radical (unpaired) electrons. The average molecular weight is 309 g/mol. The van der Waals surface area contributed by atoms with Crippen molar-refractivity contribution in [1.82, 2.24) is 5.32 Å². The molecule has 0 aliphatic rings. The maximum Gasteiger partial charge on any atom is 0.387 e. The van der Waals surface area contributed by atoms with Crippen LogP contribution in [-0.2, 0) is 6.54 Å². The maximum atomic E-state index is 12.0. The average Bonchev–Trinajstić information content (AvgIpc) is 2.49. The van der Waals surface area contributed by atoms with Gasteiger partial charge in [-0.3, -0.25) is 0 Å². The number of hydrogen-bond donors (Lipinski definition) is 3. The zero-order chi connectivity index (χ0) is 15.9. The molecule has 1 unspecified atom stereocenters. The van der Waals surface area contributed by atoms with Gasteiger partial charge in [0.15, 0.2) is 0 Å². The number of rotatable bonds is 7. The van der Waals surface area contributed by atoms with Crippen molar-refractivity contribution in [3.05, 3.63) is 59.7 Å². The number of halogens is 2. The summed E-state index contributed by atoms with van der Waals surface area (Å²) in [6.45, 7) is -2.18. The Kier molecular flexibility index (Phi) is 5.68. The number of phenolic OH excluding ortho intramolecular Hbond substituents is 1. The van der Waals surface area contributed by atoms with Gasteiger partial charge in [-0.05, 0) is 23.8 Å². The Hall–Kier alpha value is -2.18. The number of hydrogen-bond acceptors (Lipinski definition) is 4. The summed E-state index contributed by atoms with van der Waals surface area (Å²) < 4.78 is 28.3. The summed E-state index contributed by atoms with van der Waals surface area (Å²) in [6, 6.07) is 12.8. The van der Waals surface area contributed by atoms with Crippen LogP contribution in [0.2, 0.25) is 0 Å². The SMILES string of the molecule is Oc1ccccc1CNCC(O)c1ccc(OC(F)F)cc1. The van der Waals surface area contributed by atoms with Crippen LogP contribution < -0.4 is 10.1 Å². The predicted octanol–water partition coefficient (Wildman–Crippen LogP) is 2.82. The predicted molar refractivity (Wildman–Crippen MR) is 77.8 cm³/mol. The second-order valence-electron chi connectivity index (χ2n) is 4.72. The molecule has 118 valence electrons. The van der Waals surface area contributed by atoms with Crippen LogP contribution in [0.3, 0.4) is 0 Å². The van der Waals surface area contributed by atoms with Gasteiger partial charge in [0.05, 0.1) is 6.10 Å². The van der Waals surface area contributed by atoms with E-state index in [1.165, 1.54) is 24.3 Å². The molecule has 0 heterocycles. The van der Waals surface area contributed by atoms with Gasteiger partial charge in [0.1, 0.15) is 11.5 Å². The minimum absolute atomic E-state index is 0.0492. The van der Waals surface area contributed by atoms with Crippen molar-refractivity contribution in [2.75, 3.05) is 6.54 Å². The van der Waals surface area contributed by atoms with Gasteiger partial charge in [0.2, 0.25) is 0 Å². The molecule has 0 fully saturated rings. The first-order valence-corrected chi connectivity index (χ1v) is 6.76. The Morgan fingerprint density at radius 3 is 2.36 bits per heavy atom. The van der Waals surface area contributed by atoms with Gasteiger partial charge >= 0.3 is 6.61 Å². The fourth-order valence-corrected chi connectivity index (χ4v) is 1.99. The largest absolute Gasteiger partial charge is 0.508 e. The van der Waals surface area contributed by atoms with Crippen molar-refractivity contribution < 1.29 is 23.7 Å². The zero-order valence-electron chi connectivity index (χ0n) is 11.7. The minimum atomic E-state index is -2.86. The third kappa shape index (κ3) is 4.68. The molecule has 0 aliphatic heterocycles. The van der Waals surface area contributed by atoms with Gasteiger partial charge in [-0.2, -0.15) is 8.78 Å². The lowest BCUT2D eigenvalue weighted by Crippen LogP contribution is -2.21. The number of phenols is 1. The number of aliphatic hydroxyl groups is 1. The highest BCUT2D eigenvalue weighted by Gasteiger charge is 2.09. The molecule has 0 spiro atoms. The fraction of sp³-hybridized carbons (Fsp3) is 0.250. The van der Waals surface area contributed by atoms with Crippen molar-refractivity contribution in [3.63, 3.8) is 0 Å². The Balaban J connectivity index is 1.84. The molecule has 1 atom stereocenters. The van der Waals surface area contributed by atoms with Gasteiger partial charge in [-0.25, -0.2) is 0 Å². The lowest BCUT2D eigenvalue weighted by atomic mass is 10.1. The third-order valence-electron chi connectivity index (χ3n) is 3.13. The van der Waals surface area contributed by atoms with Crippen LogP contribution in [0, 0.1) is 0 Å². The lowest BCUT2D eigenvalue weighted by molar-refractivity contribution is -0.0498. The molecule has 22 heavy (non-hydrogen) atoms. The van der Waals surface area contributed by atoms with E-state index in [0.29, 0.717) is 12.1 Å². The zero-order valence-corrected chi connectivity index (χ0v) is 11.7. The van der Waals surface area contributed by atoms with Crippen molar-refractivity contribution >= 4 is 0 Å². The van der Waals surface area contributed by atoms with Crippen LogP contribution in [0.25, 0.3) is 0 Å². The highest BCUT2D eigenvalue weighted by molar-refractivity contribution is 5.31. The molecular formula is C16H17F2NO3. The quantitative estimate of drug-likeness (QED) is 0.736. The summed E-state index contributed by atoms with van der Waals surface area (Å²) in [4.78, 5) is 0. The number of nitrogens with one attached hydrogen (secondary N) is 1. The van der Waals surface area contributed by atoms with Crippen LogP contribution in [-0.4, -0.2) is 23.4 Å². The smallest absolute Gasteiger partial charge is 0.387 e. The first kappa shape index (κ1) is 16.2. The van der Waals surface area contributed by atoms with Crippen molar-refractivity contribution in [3.8, 4) is 11.5 Å². The maximum absolute atomic E-state index is 12.0. The molecule has 0 amide bonds. The first-order chi connectivity index (χ1) is 10.6. The first-order valence-electron chi connectivity index (χ1n) is 6.76. The van der Waals surface area contributed by atoms with Crippen LogP contribution in [0.5, 0.6) is 11.5 Å². The standard InChI is InChI=1S/C16H17F2NO3/c17-16(18)22-13-7-5-11(6-8-13)15(21)10-19-9-12-3-1-2-4-14(12)20/h1-8,15-16,19-21H,9-10H2.